The molecule has 5 nitrogen and oxygen atoms in total. The molecular weight excluding hydrogens is 316 g/mol. The van der Waals surface area contributed by atoms with Crippen LogP contribution in [0.5, 0.6) is 0 Å². The van der Waals surface area contributed by atoms with E-state index in [1.54, 1.807) is 4.90 Å². The standard InChI is InChI=1S/C20H20N2O3/c1-14-6-5-8-17(10-14)22(19(23)13-25-2)12-16-11-15-7-3-4-9-18(15)21-20(16)24/h3-11H,12-13H2,1-2H3,(H,21,24). The van der Waals surface area contributed by atoms with Crippen LogP contribution in [0.4, 0.5) is 5.69 Å². The minimum absolute atomic E-state index is 0.0422. The lowest BCUT2D eigenvalue weighted by atomic mass is 10.1. The fraction of sp³-hybridized carbons (Fsp3) is 0.200. The van der Waals surface area contributed by atoms with E-state index in [1.807, 2.05) is 61.5 Å². The Bertz CT molecular complexity index is 962. The molecule has 1 amide bonds. The fourth-order valence-corrected chi connectivity index (χ4v) is 2.80. The summed E-state index contributed by atoms with van der Waals surface area (Å²) in [6, 6.07) is 17.0. The smallest absolute Gasteiger partial charge is 0.253 e. The van der Waals surface area contributed by atoms with Crippen molar-refractivity contribution in [2.24, 2.45) is 0 Å². The minimum Gasteiger partial charge on any atom is -0.375 e. The second-order valence-electron chi connectivity index (χ2n) is 5.96. The number of benzene rings is 2. The number of carbonyl (C=O) groups is 1. The first-order chi connectivity index (χ1) is 12.1. The molecule has 0 aliphatic heterocycles. The third-order valence-electron chi connectivity index (χ3n) is 4.04. The molecule has 128 valence electrons. The molecule has 0 bridgehead atoms. The monoisotopic (exact) mass is 336 g/mol. The van der Waals surface area contributed by atoms with Gasteiger partial charge in [-0.2, -0.15) is 0 Å². The summed E-state index contributed by atoms with van der Waals surface area (Å²) in [5.41, 5.74) is 2.91. The van der Waals surface area contributed by atoms with E-state index in [1.165, 1.54) is 7.11 Å². The van der Waals surface area contributed by atoms with Crippen molar-refractivity contribution in [3.63, 3.8) is 0 Å². The number of fused-ring (bicyclic) bond motifs is 1. The molecule has 0 saturated heterocycles. The maximum Gasteiger partial charge on any atom is 0.253 e. The number of rotatable bonds is 5. The zero-order valence-corrected chi connectivity index (χ0v) is 14.3. The molecule has 0 radical (unpaired) electrons. The summed E-state index contributed by atoms with van der Waals surface area (Å²) in [5, 5.41) is 0.931. The van der Waals surface area contributed by atoms with Crippen LogP contribution in [0.15, 0.2) is 59.4 Å². The summed E-state index contributed by atoms with van der Waals surface area (Å²) in [7, 11) is 1.48. The average Bonchev–Trinajstić information content (AvgIpc) is 2.60. The van der Waals surface area contributed by atoms with Gasteiger partial charge in [-0.15, -0.1) is 0 Å². The molecule has 0 spiro atoms. The first kappa shape index (κ1) is 16.9. The molecule has 1 N–H and O–H groups in total. The highest BCUT2D eigenvalue weighted by Gasteiger charge is 2.18. The van der Waals surface area contributed by atoms with E-state index in [4.69, 9.17) is 4.74 Å². The van der Waals surface area contributed by atoms with Gasteiger partial charge in [0.15, 0.2) is 0 Å². The van der Waals surface area contributed by atoms with E-state index in [0.29, 0.717) is 5.56 Å². The summed E-state index contributed by atoms with van der Waals surface area (Å²) < 4.78 is 5.00. The summed E-state index contributed by atoms with van der Waals surface area (Å²) in [5.74, 6) is -0.194. The van der Waals surface area contributed by atoms with Gasteiger partial charge in [0.1, 0.15) is 6.61 Å². The molecule has 3 aromatic rings. The topological polar surface area (TPSA) is 62.4 Å². The van der Waals surface area contributed by atoms with E-state index in [2.05, 4.69) is 4.98 Å². The van der Waals surface area contributed by atoms with Crippen molar-refractivity contribution in [2.75, 3.05) is 18.6 Å². The second-order valence-corrected chi connectivity index (χ2v) is 5.96. The van der Waals surface area contributed by atoms with Crippen molar-refractivity contribution in [3.8, 4) is 0 Å². The number of nitrogens with one attached hydrogen (secondary N) is 1. The summed E-state index contributed by atoms with van der Waals surface area (Å²) in [4.78, 5) is 29.4. The van der Waals surface area contributed by atoms with E-state index in [-0.39, 0.29) is 24.6 Å². The highest BCUT2D eigenvalue weighted by Crippen LogP contribution is 2.19. The highest BCUT2D eigenvalue weighted by atomic mass is 16.5. The van der Waals surface area contributed by atoms with Crippen LogP contribution in [0.2, 0.25) is 0 Å². The summed E-state index contributed by atoms with van der Waals surface area (Å²) in [6.07, 6.45) is 0. The quantitative estimate of drug-likeness (QED) is 0.779. The van der Waals surface area contributed by atoms with Crippen molar-refractivity contribution in [1.82, 2.24) is 4.98 Å². The number of hydrogen-bond donors (Lipinski definition) is 1. The molecular formula is C20H20N2O3. The predicted molar refractivity (Wildman–Crippen MR) is 98.8 cm³/mol. The molecule has 0 atom stereocenters. The molecule has 1 heterocycles. The lowest BCUT2D eigenvalue weighted by Crippen LogP contribution is -2.35. The predicted octanol–water partition coefficient (Wildman–Crippen LogP) is 3.02. The van der Waals surface area contributed by atoms with Crippen molar-refractivity contribution in [3.05, 3.63) is 76.1 Å². The zero-order chi connectivity index (χ0) is 17.8. The van der Waals surface area contributed by atoms with Gasteiger partial charge in [-0.25, -0.2) is 0 Å². The highest BCUT2D eigenvalue weighted by molar-refractivity contribution is 5.94. The number of aromatic amines is 1. The number of aryl methyl sites for hydroxylation is 1. The number of nitrogens with zero attached hydrogens (tertiary/aromatic N) is 1. The Hall–Kier alpha value is -2.92. The number of methoxy groups -OCH3 is 1. The van der Waals surface area contributed by atoms with Gasteiger partial charge in [0.2, 0.25) is 0 Å². The van der Waals surface area contributed by atoms with Gasteiger partial charge in [0, 0.05) is 23.9 Å². The number of amides is 1. The molecule has 0 aliphatic carbocycles. The molecule has 1 aromatic heterocycles. The maximum absolute atomic E-state index is 12.5. The molecule has 0 aliphatic rings. The van der Waals surface area contributed by atoms with Gasteiger partial charge in [-0.05, 0) is 42.1 Å². The van der Waals surface area contributed by atoms with Crippen LogP contribution >= 0.6 is 0 Å². The molecule has 0 saturated carbocycles. The Labute approximate surface area is 145 Å². The van der Waals surface area contributed by atoms with Gasteiger partial charge in [-0.3, -0.25) is 9.59 Å². The lowest BCUT2D eigenvalue weighted by molar-refractivity contribution is -0.122. The van der Waals surface area contributed by atoms with Crippen molar-refractivity contribution in [2.45, 2.75) is 13.5 Å². The third-order valence-corrected chi connectivity index (χ3v) is 4.04. The Morgan fingerprint density at radius 2 is 1.92 bits per heavy atom. The van der Waals surface area contributed by atoms with E-state index < -0.39 is 0 Å². The molecule has 2 aromatic carbocycles. The first-order valence-electron chi connectivity index (χ1n) is 8.05. The van der Waals surface area contributed by atoms with Gasteiger partial charge in [0.05, 0.1) is 6.54 Å². The van der Waals surface area contributed by atoms with Crippen LogP contribution in [0.1, 0.15) is 11.1 Å². The average molecular weight is 336 g/mol. The van der Waals surface area contributed by atoms with Gasteiger partial charge < -0.3 is 14.6 Å². The third kappa shape index (κ3) is 3.78. The van der Waals surface area contributed by atoms with Crippen LogP contribution in [0.25, 0.3) is 10.9 Å². The number of para-hydroxylation sites is 1. The first-order valence-corrected chi connectivity index (χ1v) is 8.05. The Morgan fingerprint density at radius 1 is 1.12 bits per heavy atom. The maximum atomic E-state index is 12.5. The van der Waals surface area contributed by atoms with Crippen LogP contribution in [-0.4, -0.2) is 24.6 Å². The van der Waals surface area contributed by atoms with Gasteiger partial charge in [0.25, 0.3) is 11.5 Å². The zero-order valence-electron chi connectivity index (χ0n) is 14.3. The molecule has 0 fully saturated rings. The van der Waals surface area contributed by atoms with Crippen molar-refractivity contribution < 1.29 is 9.53 Å². The van der Waals surface area contributed by atoms with Crippen LogP contribution in [0.3, 0.4) is 0 Å². The number of aromatic nitrogens is 1. The Balaban J connectivity index is 2.01. The van der Waals surface area contributed by atoms with E-state index >= 15 is 0 Å². The van der Waals surface area contributed by atoms with E-state index in [9.17, 15) is 9.59 Å². The summed E-state index contributed by atoms with van der Waals surface area (Å²) >= 11 is 0. The number of H-pyrrole nitrogens is 1. The van der Waals surface area contributed by atoms with Crippen molar-refractivity contribution in [1.29, 1.82) is 0 Å². The lowest BCUT2D eigenvalue weighted by Gasteiger charge is -2.23. The van der Waals surface area contributed by atoms with Crippen LogP contribution in [0, 0.1) is 6.92 Å². The van der Waals surface area contributed by atoms with Crippen LogP contribution < -0.4 is 10.5 Å². The second kappa shape index (κ2) is 7.32. The van der Waals surface area contributed by atoms with Crippen molar-refractivity contribution >= 4 is 22.5 Å². The molecule has 3 rings (SSSR count). The molecule has 5 heteroatoms. The molecule has 25 heavy (non-hydrogen) atoms. The van der Waals surface area contributed by atoms with Crippen LogP contribution in [-0.2, 0) is 16.1 Å². The Morgan fingerprint density at radius 3 is 2.68 bits per heavy atom. The Kier molecular flexibility index (Phi) is 4.95. The summed E-state index contributed by atoms with van der Waals surface area (Å²) in [6.45, 7) is 2.11. The minimum atomic E-state index is -0.194. The number of anilines is 1. The van der Waals surface area contributed by atoms with E-state index in [0.717, 1.165) is 22.2 Å². The number of hydrogen-bond acceptors (Lipinski definition) is 3. The van der Waals surface area contributed by atoms with Gasteiger partial charge >= 0.3 is 0 Å². The molecule has 0 unspecified atom stereocenters. The normalized spacial score (nSPS) is 10.8. The number of pyridine rings is 1. The number of carbonyl (C=O) groups excluding carboxylic acids is 1. The number of ether oxygens (including phenoxy) is 1. The van der Waals surface area contributed by atoms with Gasteiger partial charge in [-0.1, -0.05) is 30.3 Å². The fourth-order valence-electron chi connectivity index (χ4n) is 2.80. The SMILES string of the molecule is COCC(=O)N(Cc1cc2ccccc2[nH]c1=O)c1cccc(C)c1. The largest absolute Gasteiger partial charge is 0.375 e.